The molecule has 0 aromatic heterocycles. The van der Waals surface area contributed by atoms with Crippen LogP contribution < -0.4 is 9.47 Å². The van der Waals surface area contributed by atoms with Crippen molar-refractivity contribution in [2.75, 3.05) is 14.2 Å². The average molecular weight is 299 g/mol. The summed E-state index contributed by atoms with van der Waals surface area (Å²) in [7, 11) is 3.03. The fourth-order valence-electron chi connectivity index (χ4n) is 2.14. The van der Waals surface area contributed by atoms with Crippen molar-refractivity contribution in [2.24, 2.45) is 4.99 Å². The van der Waals surface area contributed by atoms with Gasteiger partial charge in [-0.2, -0.15) is 0 Å². The minimum atomic E-state index is -0.404. The predicted octanol–water partition coefficient (Wildman–Crippen LogP) is 2.76. The lowest BCUT2D eigenvalue weighted by atomic mass is 9.98. The van der Waals surface area contributed by atoms with Crippen LogP contribution in [0.1, 0.15) is 24.2 Å². The highest BCUT2D eigenvalue weighted by atomic mass is 16.5. The van der Waals surface area contributed by atoms with Crippen molar-refractivity contribution in [3.8, 4) is 11.5 Å². The monoisotopic (exact) mass is 299 g/mol. The predicted molar refractivity (Wildman–Crippen MR) is 83.8 cm³/mol. The SMILES string of the molecule is COc1ccc(C(=O)N=C2C=C(C)C(=O)C(C)=C2)cc1OC. The highest BCUT2D eigenvalue weighted by molar-refractivity contribution is 6.23. The Bertz CT molecular complexity index is 702. The van der Waals surface area contributed by atoms with Crippen LogP contribution in [0.5, 0.6) is 11.5 Å². The first-order chi connectivity index (χ1) is 10.5. The van der Waals surface area contributed by atoms with Crippen LogP contribution in [0.3, 0.4) is 0 Å². The summed E-state index contributed by atoms with van der Waals surface area (Å²) in [6.07, 6.45) is 3.21. The molecule has 1 aliphatic carbocycles. The number of benzene rings is 1. The number of rotatable bonds is 3. The fraction of sp³-hybridized carbons (Fsp3) is 0.235. The van der Waals surface area contributed by atoms with Crippen molar-refractivity contribution in [3.63, 3.8) is 0 Å². The second kappa shape index (κ2) is 6.39. The number of Topliss-reactive ketones (excluding diaryl/α,β-unsaturated/α-hetero) is 1. The first-order valence-corrected chi connectivity index (χ1v) is 6.72. The molecular weight excluding hydrogens is 282 g/mol. The van der Waals surface area contributed by atoms with Crippen LogP contribution in [0, 0.1) is 0 Å². The van der Waals surface area contributed by atoms with E-state index in [4.69, 9.17) is 9.47 Å². The maximum Gasteiger partial charge on any atom is 0.277 e. The molecule has 114 valence electrons. The number of hydrogen-bond donors (Lipinski definition) is 0. The number of ether oxygens (including phenoxy) is 2. The molecule has 0 unspecified atom stereocenters. The minimum Gasteiger partial charge on any atom is -0.493 e. The standard InChI is InChI=1S/C17H17NO4/c1-10-7-13(8-11(2)16(10)19)18-17(20)12-5-6-14(21-3)15(9-12)22-4/h5-9H,1-4H3. The number of ketones is 1. The largest absolute Gasteiger partial charge is 0.493 e. The van der Waals surface area contributed by atoms with Gasteiger partial charge < -0.3 is 9.47 Å². The molecule has 0 aliphatic heterocycles. The highest BCUT2D eigenvalue weighted by Gasteiger charge is 2.15. The molecule has 0 radical (unpaired) electrons. The van der Waals surface area contributed by atoms with E-state index in [0.717, 1.165) is 0 Å². The zero-order valence-electron chi connectivity index (χ0n) is 13.0. The van der Waals surface area contributed by atoms with Gasteiger partial charge in [0.25, 0.3) is 5.91 Å². The zero-order valence-corrected chi connectivity index (χ0v) is 13.0. The number of methoxy groups -OCH3 is 2. The van der Waals surface area contributed by atoms with E-state index in [9.17, 15) is 9.59 Å². The van der Waals surface area contributed by atoms with Gasteiger partial charge in [0.15, 0.2) is 17.3 Å². The number of amides is 1. The maximum absolute atomic E-state index is 12.2. The Kier molecular flexibility index (Phi) is 4.56. The molecule has 0 heterocycles. The van der Waals surface area contributed by atoms with E-state index >= 15 is 0 Å². The first-order valence-electron chi connectivity index (χ1n) is 6.72. The third kappa shape index (κ3) is 3.14. The lowest BCUT2D eigenvalue weighted by molar-refractivity contribution is -0.112. The molecule has 2 rings (SSSR count). The fourth-order valence-corrected chi connectivity index (χ4v) is 2.14. The minimum absolute atomic E-state index is 0.0301. The molecule has 5 nitrogen and oxygen atoms in total. The smallest absolute Gasteiger partial charge is 0.277 e. The van der Waals surface area contributed by atoms with Crippen LogP contribution in [-0.4, -0.2) is 31.6 Å². The Balaban J connectivity index is 2.33. The second-order valence-corrected chi connectivity index (χ2v) is 4.90. The summed E-state index contributed by atoms with van der Waals surface area (Å²) in [6, 6.07) is 4.85. The molecule has 0 N–H and O–H groups in total. The van der Waals surface area contributed by atoms with Gasteiger partial charge in [0.05, 0.1) is 19.9 Å². The Morgan fingerprint density at radius 2 is 1.59 bits per heavy atom. The molecule has 0 saturated heterocycles. The van der Waals surface area contributed by atoms with E-state index in [0.29, 0.717) is 33.9 Å². The van der Waals surface area contributed by atoms with E-state index in [-0.39, 0.29) is 5.78 Å². The van der Waals surface area contributed by atoms with Crippen LogP contribution in [0.4, 0.5) is 0 Å². The summed E-state index contributed by atoms with van der Waals surface area (Å²) in [4.78, 5) is 28.0. The lowest BCUT2D eigenvalue weighted by Gasteiger charge is -2.09. The molecule has 22 heavy (non-hydrogen) atoms. The van der Waals surface area contributed by atoms with Gasteiger partial charge in [0.2, 0.25) is 0 Å². The van der Waals surface area contributed by atoms with E-state index in [1.165, 1.54) is 14.2 Å². The number of nitrogens with zero attached hydrogens (tertiary/aromatic N) is 1. The second-order valence-electron chi connectivity index (χ2n) is 4.90. The van der Waals surface area contributed by atoms with Gasteiger partial charge in [-0.05, 0) is 55.3 Å². The van der Waals surface area contributed by atoms with Crippen molar-refractivity contribution in [1.82, 2.24) is 0 Å². The Morgan fingerprint density at radius 1 is 1.00 bits per heavy atom. The number of hydrogen-bond acceptors (Lipinski definition) is 4. The van der Waals surface area contributed by atoms with E-state index in [1.54, 1.807) is 44.2 Å². The van der Waals surface area contributed by atoms with E-state index < -0.39 is 5.91 Å². The van der Waals surface area contributed by atoms with Crippen molar-refractivity contribution in [1.29, 1.82) is 0 Å². The lowest BCUT2D eigenvalue weighted by Crippen LogP contribution is -2.12. The van der Waals surface area contributed by atoms with Gasteiger partial charge >= 0.3 is 0 Å². The van der Waals surface area contributed by atoms with Crippen molar-refractivity contribution < 1.29 is 19.1 Å². The highest BCUT2D eigenvalue weighted by Crippen LogP contribution is 2.27. The third-order valence-electron chi connectivity index (χ3n) is 3.31. The molecule has 1 aromatic carbocycles. The topological polar surface area (TPSA) is 65.0 Å². The molecule has 1 aromatic rings. The van der Waals surface area contributed by atoms with Crippen molar-refractivity contribution in [3.05, 3.63) is 47.1 Å². The number of allylic oxidation sites excluding steroid dienone is 4. The van der Waals surface area contributed by atoms with E-state index in [2.05, 4.69) is 4.99 Å². The van der Waals surface area contributed by atoms with Gasteiger partial charge in [-0.25, -0.2) is 4.99 Å². The van der Waals surface area contributed by atoms with Crippen molar-refractivity contribution in [2.45, 2.75) is 13.8 Å². The summed E-state index contributed by atoms with van der Waals surface area (Å²) in [6.45, 7) is 3.41. The molecule has 0 saturated carbocycles. The van der Waals surface area contributed by atoms with E-state index in [1.807, 2.05) is 0 Å². The normalized spacial score (nSPS) is 14.2. The quantitative estimate of drug-likeness (QED) is 0.805. The van der Waals surface area contributed by atoms with Crippen LogP contribution in [0.15, 0.2) is 46.5 Å². The molecular formula is C17H17NO4. The maximum atomic E-state index is 12.2. The van der Waals surface area contributed by atoms with Crippen LogP contribution in [0.2, 0.25) is 0 Å². The summed E-state index contributed by atoms with van der Waals surface area (Å²) in [5, 5.41) is 0. The number of carbonyl (C=O) groups excluding carboxylic acids is 2. The van der Waals surface area contributed by atoms with Crippen molar-refractivity contribution >= 4 is 17.4 Å². The molecule has 1 aliphatic rings. The van der Waals surface area contributed by atoms with Gasteiger partial charge in [-0.1, -0.05) is 0 Å². The Labute approximate surface area is 129 Å². The zero-order chi connectivity index (χ0) is 16.3. The first kappa shape index (κ1) is 15.7. The van der Waals surface area contributed by atoms with Gasteiger partial charge in [-0.15, -0.1) is 0 Å². The molecule has 0 bridgehead atoms. The van der Waals surface area contributed by atoms with Gasteiger partial charge in [0.1, 0.15) is 0 Å². The molecule has 0 fully saturated rings. The van der Waals surface area contributed by atoms with Gasteiger partial charge in [-0.3, -0.25) is 9.59 Å². The molecule has 1 amide bonds. The van der Waals surface area contributed by atoms with Crippen LogP contribution in [0.25, 0.3) is 0 Å². The number of aliphatic imine (C=N–C) groups is 1. The third-order valence-corrected chi connectivity index (χ3v) is 3.31. The summed E-state index contributed by atoms with van der Waals surface area (Å²) < 4.78 is 10.3. The summed E-state index contributed by atoms with van der Waals surface area (Å²) in [5.41, 5.74) is 1.99. The summed E-state index contributed by atoms with van der Waals surface area (Å²) in [5.74, 6) is 0.572. The Hall–Kier alpha value is -2.69. The summed E-state index contributed by atoms with van der Waals surface area (Å²) >= 11 is 0. The van der Waals surface area contributed by atoms with Crippen LogP contribution >= 0.6 is 0 Å². The molecule has 0 atom stereocenters. The average Bonchev–Trinajstić information content (AvgIpc) is 2.51. The Morgan fingerprint density at radius 3 is 2.14 bits per heavy atom. The molecule has 5 heteroatoms. The van der Waals surface area contributed by atoms with Gasteiger partial charge in [0, 0.05) is 5.56 Å². The number of carbonyl (C=O) groups is 2. The van der Waals surface area contributed by atoms with Crippen LogP contribution in [-0.2, 0) is 4.79 Å². The molecule has 0 spiro atoms.